The van der Waals surface area contributed by atoms with Crippen molar-refractivity contribution in [2.24, 2.45) is 10.9 Å². The monoisotopic (exact) mass is 539 g/mol. The molecule has 3 heterocycles. The Morgan fingerprint density at radius 3 is 2.66 bits per heavy atom. The van der Waals surface area contributed by atoms with Crippen LogP contribution >= 0.6 is 0 Å². The molecule has 210 valence electrons. The summed E-state index contributed by atoms with van der Waals surface area (Å²) < 4.78 is 48.2. The van der Waals surface area contributed by atoms with Gasteiger partial charge in [-0.2, -0.15) is 18.2 Å². The van der Waals surface area contributed by atoms with E-state index in [4.69, 9.17) is 24.9 Å². The second-order valence-corrected chi connectivity index (χ2v) is 9.46. The molecule has 0 radical (unpaired) electrons. The van der Waals surface area contributed by atoms with Crippen molar-refractivity contribution in [3.63, 3.8) is 0 Å². The summed E-state index contributed by atoms with van der Waals surface area (Å²) in [5.41, 5.74) is 0.893. The summed E-state index contributed by atoms with van der Waals surface area (Å²) in [6.07, 6.45) is 4.95. The van der Waals surface area contributed by atoms with E-state index in [2.05, 4.69) is 26.3 Å². The highest BCUT2D eigenvalue weighted by atomic mass is 19.4. The number of halogens is 3. The van der Waals surface area contributed by atoms with Gasteiger partial charge in [0.2, 0.25) is 5.95 Å². The van der Waals surface area contributed by atoms with Crippen molar-refractivity contribution in [1.82, 2.24) is 20.6 Å². The number of anilines is 3. The average molecular weight is 540 g/mol. The van der Waals surface area contributed by atoms with Gasteiger partial charge in [0.05, 0.1) is 25.3 Å². The molecule has 1 atom stereocenters. The minimum atomic E-state index is -4.40. The summed E-state index contributed by atoms with van der Waals surface area (Å²) in [4.78, 5) is 15.8. The van der Waals surface area contributed by atoms with Gasteiger partial charge in [-0.25, -0.2) is 9.98 Å². The molecule has 0 spiro atoms. The van der Waals surface area contributed by atoms with Gasteiger partial charge >= 0.3 is 6.18 Å². The molecule has 11 nitrogen and oxygen atoms in total. The third-order valence-corrected chi connectivity index (χ3v) is 6.44. The molecule has 0 aromatic carbocycles. The Morgan fingerprint density at radius 2 is 1.95 bits per heavy atom. The Hall–Kier alpha value is -2.97. The molecule has 2 aliphatic heterocycles. The summed E-state index contributed by atoms with van der Waals surface area (Å²) in [6, 6.07) is 0. The van der Waals surface area contributed by atoms with Crippen LogP contribution in [-0.2, 0) is 9.47 Å². The topological polar surface area (TPSA) is 132 Å². The molecule has 1 saturated heterocycles. The van der Waals surface area contributed by atoms with Crippen molar-refractivity contribution in [1.29, 1.82) is 5.41 Å². The number of aromatic nitrogens is 2. The first-order valence-corrected chi connectivity index (χ1v) is 13.0. The standard InChI is InChI=1S/C24H36F3N9O2/c25-24(26,27)15-37-12-9-31-21-20(18(28)14-38-13-17-3-1-2-4-17)34-23(36-10-7-29-8-11-36)35-22(21)33-19-5-6-30-16-32-19/h5-6,16-17,19,28-29,31H,1-4,7-15H2,(H,30,32)(H,33,34,35). The molecule has 1 aromatic heterocycles. The lowest BCUT2D eigenvalue weighted by atomic mass is 10.1. The lowest BCUT2D eigenvalue weighted by molar-refractivity contribution is -0.172. The van der Waals surface area contributed by atoms with E-state index in [0.717, 1.165) is 25.9 Å². The zero-order chi connectivity index (χ0) is 26.8. The van der Waals surface area contributed by atoms with Gasteiger partial charge < -0.3 is 41.1 Å². The largest absolute Gasteiger partial charge is 0.411 e. The lowest BCUT2D eigenvalue weighted by Gasteiger charge is -2.29. The molecule has 4 rings (SSSR count). The summed E-state index contributed by atoms with van der Waals surface area (Å²) >= 11 is 0. The highest BCUT2D eigenvalue weighted by Crippen LogP contribution is 2.29. The highest BCUT2D eigenvalue weighted by Gasteiger charge is 2.27. The molecule has 1 unspecified atom stereocenters. The van der Waals surface area contributed by atoms with E-state index in [1.165, 1.54) is 12.8 Å². The van der Waals surface area contributed by atoms with Gasteiger partial charge in [0.1, 0.15) is 24.2 Å². The fourth-order valence-electron chi connectivity index (χ4n) is 4.54. The van der Waals surface area contributed by atoms with Crippen LogP contribution < -0.4 is 26.2 Å². The van der Waals surface area contributed by atoms with Crippen LogP contribution in [0.4, 0.5) is 30.6 Å². The van der Waals surface area contributed by atoms with Crippen LogP contribution in [0.1, 0.15) is 31.4 Å². The van der Waals surface area contributed by atoms with Gasteiger partial charge in [-0.05, 0) is 24.8 Å². The summed E-state index contributed by atoms with van der Waals surface area (Å²) in [6.45, 7) is 2.17. The van der Waals surface area contributed by atoms with Gasteiger partial charge in [0.25, 0.3) is 0 Å². The number of hydrogen-bond acceptors (Lipinski definition) is 11. The number of nitrogens with zero attached hydrogens (tertiary/aromatic N) is 4. The van der Waals surface area contributed by atoms with Crippen LogP contribution in [0.25, 0.3) is 0 Å². The maximum absolute atomic E-state index is 12.5. The molecular weight excluding hydrogens is 503 g/mol. The Bertz CT molecular complexity index is 966. The number of alkyl halides is 3. The maximum Gasteiger partial charge on any atom is 0.411 e. The van der Waals surface area contributed by atoms with Crippen LogP contribution in [0.5, 0.6) is 0 Å². The van der Waals surface area contributed by atoms with Crippen LogP contribution in [0.2, 0.25) is 0 Å². The van der Waals surface area contributed by atoms with Crippen LogP contribution in [0.3, 0.4) is 0 Å². The zero-order valence-corrected chi connectivity index (χ0v) is 21.3. The first kappa shape index (κ1) is 28.0. The number of piperazine rings is 1. The van der Waals surface area contributed by atoms with Gasteiger partial charge in [0, 0.05) is 45.5 Å². The lowest BCUT2D eigenvalue weighted by Crippen LogP contribution is -2.44. The quantitative estimate of drug-likeness (QED) is 0.189. The van der Waals surface area contributed by atoms with Crippen LogP contribution in [0.15, 0.2) is 17.3 Å². The van der Waals surface area contributed by atoms with E-state index in [1.807, 2.05) is 4.90 Å². The molecule has 38 heavy (non-hydrogen) atoms. The molecule has 3 aliphatic rings. The predicted octanol–water partition coefficient (Wildman–Crippen LogP) is 2.33. The average Bonchev–Trinajstić information content (AvgIpc) is 3.43. The van der Waals surface area contributed by atoms with Gasteiger partial charge in [-0.15, -0.1) is 0 Å². The smallest absolute Gasteiger partial charge is 0.378 e. The fourth-order valence-corrected chi connectivity index (χ4v) is 4.54. The van der Waals surface area contributed by atoms with E-state index in [0.29, 0.717) is 48.8 Å². The van der Waals surface area contributed by atoms with Crippen molar-refractivity contribution < 1.29 is 22.6 Å². The minimum Gasteiger partial charge on any atom is -0.378 e. The SMILES string of the molecule is N=C(COCC1CCCC1)c1nc(N2CCNCC2)nc(NC2C=CNC=N2)c1NCCOCC(F)(F)F. The first-order chi connectivity index (χ1) is 18.4. The number of rotatable bonds is 13. The van der Waals surface area contributed by atoms with Gasteiger partial charge in [0.15, 0.2) is 5.82 Å². The number of nitrogens with one attached hydrogen (secondary N) is 5. The van der Waals surface area contributed by atoms with Crippen LogP contribution in [-0.4, -0.2) is 93.5 Å². The van der Waals surface area contributed by atoms with E-state index in [-0.39, 0.29) is 25.5 Å². The number of aliphatic imine (C=N–C) groups is 1. The van der Waals surface area contributed by atoms with Crippen LogP contribution in [0, 0.1) is 11.3 Å². The third-order valence-electron chi connectivity index (χ3n) is 6.44. The maximum atomic E-state index is 12.5. The molecule has 2 fully saturated rings. The Morgan fingerprint density at radius 1 is 1.16 bits per heavy atom. The molecular formula is C24H36F3N9O2. The molecule has 0 amide bonds. The highest BCUT2D eigenvalue weighted by molar-refractivity contribution is 6.04. The summed E-state index contributed by atoms with van der Waals surface area (Å²) in [5, 5.41) is 21.4. The second kappa shape index (κ2) is 13.7. The molecule has 5 N–H and O–H groups in total. The first-order valence-electron chi connectivity index (χ1n) is 13.0. The minimum absolute atomic E-state index is 0.0651. The van der Waals surface area contributed by atoms with E-state index >= 15 is 0 Å². The van der Waals surface area contributed by atoms with Crippen molar-refractivity contribution in [2.45, 2.75) is 38.0 Å². The third kappa shape index (κ3) is 8.53. The zero-order valence-electron chi connectivity index (χ0n) is 21.3. The Balaban J connectivity index is 1.56. The van der Waals surface area contributed by atoms with E-state index < -0.39 is 18.9 Å². The fraction of sp³-hybridized carbons (Fsp3) is 0.667. The molecule has 1 saturated carbocycles. The van der Waals surface area contributed by atoms with E-state index in [9.17, 15) is 13.2 Å². The number of hydrogen-bond donors (Lipinski definition) is 5. The van der Waals surface area contributed by atoms with Crippen molar-refractivity contribution in [3.8, 4) is 0 Å². The van der Waals surface area contributed by atoms with Crippen molar-refractivity contribution in [2.75, 3.05) is 74.7 Å². The summed E-state index contributed by atoms with van der Waals surface area (Å²) in [7, 11) is 0. The van der Waals surface area contributed by atoms with E-state index in [1.54, 1.807) is 18.6 Å². The molecule has 14 heteroatoms. The summed E-state index contributed by atoms with van der Waals surface area (Å²) in [5.74, 6) is 1.37. The molecule has 1 aliphatic carbocycles. The van der Waals surface area contributed by atoms with Crippen molar-refractivity contribution in [3.05, 3.63) is 18.0 Å². The second-order valence-electron chi connectivity index (χ2n) is 9.46. The Labute approximate surface area is 220 Å². The molecule has 0 bridgehead atoms. The van der Waals surface area contributed by atoms with Gasteiger partial charge in [-0.1, -0.05) is 12.8 Å². The van der Waals surface area contributed by atoms with Gasteiger partial charge in [-0.3, -0.25) is 0 Å². The van der Waals surface area contributed by atoms with Crippen molar-refractivity contribution >= 4 is 29.5 Å². The Kier molecular flexibility index (Phi) is 10.1. The number of ether oxygens (including phenoxy) is 2. The normalized spacial score (nSPS) is 20.0. The molecule has 1 aromatic rings. The predicted molar refractivity (Wildman–Crippen MR) is 140 cm³/mol.